The predicted octanol–water partition coefficient (Wildman–Crippen LogP) is 9.58. The molecule has 0 saturated heterocycles. The first-order chi connectivity index (χ1) is 17.1. The molecule has 1 saturated carbocycles. The molecule has 0 amide bonds. The van der Waals surface area contributed by atoms with Gasteiger partial charge in [0, 0.05) is 13.0 Å². The number of nitrogens with zero attached hydrogens (tertiary/aromatic N) is 1. The van der Waals surface area contributed by atoms with Gasteiger partial charge in [-0.05, 0) is 57.5 Å². The van der Waals surface area contributed by atoms with Crippen molar-refractivity contribution in [1.29, 1.82) is 0 Å². The highest BCUT2D eigenvalue weighted by Crippen LogP contribution is 2.45. The first-order valence-corrected chi connectivity index (χ1v) is 15.8. The molecular formula is C32H63NO2. The molecule has 1 aliphatic carbocycles. The predicted molar refractivity (Wildman–Crippen MR) is 153 cm³/mol. The highest BCUT2D eigenvalue weighted by atomic mass is 16.5. The summed E-state index contributed by atoms with van der Waals surface area (Å²) in [5.41, 5.74) is 0. The Morgan fingerprint density at radius 1 is 0.714 bits per heavy atom. The Hall–Kier alpha value is -0.570. The van der Waals surface area contributed by atoms with E-state index in [1.54, 1.807) is 0 Å². The summed E-state index contributed by atoms with van der Waals surface area (Å²) in [6, 6.07) is 0. The van der Waals surface area contributed by atoms with E-state index in [0.717, 1.165) is 24.2 Å². The van der Waals surface area contributed by atoms with Gasteiger partial charge in [-0.25, -0.2) is 0 Å². The van der Waals surface area contributed by atoms with Crippen molar-refractivity contribution >= 4 is 5.97 Å². The fourth-order valence-corrected chi connectivity index (χ4v) is 5.93. The van der Waals surface area contributed by atoms with Crippen LogP contribution in [-0.2, 0) is 9.53 Å². The van der Waals surface area contributed by atoms with Crippen molar-refractivity contribution in [3.05, 3.63) is 0 Å². The van der Waals surface area contributed by atoms with Gasteiger partial charge in [0.25, 0.3) is 0 Å². The molecule has 1 fully saturated rings. The van der Waals surface area contributed by atoms with Gasteiger partial charge in [-0.3, -0.25) is 4.79 Å². The minimum Gasteiger partial charge on any atom is -0.469 e. The number of hydrogen-bond acceptors (Lipinski definition) is 3. The molecule has 0 heterocycles. The molecule has 3 atom stereocenters. The zero-order chi connectivity index (χ0) is 25.6. The maximum atomic E-state index is 11.1. The maximum absolute atomic E-state index is 11.1. The number of carbonyl (C=O) groups is 1. The van der Waals surface area contributed by atoms with Crippen LogP contribution in [0.1, 0.15) is 155 Å². The normalized spacial score (nSPS) is 18.2. The Kier molecular flexibility index (Phi) is 21.0. The molecule has 0 aliphatic heterocycles. The molecular weight excluding hydrogens is 430 g/mol. The molecule has 208 valence electrons. The first-order valence-electron chi connectivity index (χ1n) is 15.8. The molecule has 1 rings (SSSR count). The van der Waals surface area contributed by atoms with E-state index >= 15 is 0 Å². The standard InChI is InChI=1S/C32H63NO2/c1-5-6-7-8-12-17-22-29(28-33(2)3)23-18-13-9-10-14-19-24-30-27-31(30)25-20-15-11-16-21-26-32(34)35-4/h29-31H,5-28H2,1-4H3. The first kappa shape index (κ1) is 32.5. The quantitative estimate of drug-likeness (QED) is 0.0887. The summed E-state index contributed by atoms with van der Waals surface area (Å²) < 4.78 is 4.70. The second-order valence-electron chi connectivity index (χ2n) is 12.0. The maximum Gasteiger partial charge on any atom is 0.305 e. The molecule has 0 aromatic carbocycles. The van der Waals surface area contributed by atoms with Crippen LogP contribution >= 0.6 is 0 Å². The molecule has 3 nitrogen and oxygen atoms in total. The van der Waals surface area contributed by atoms with Crippen LogP contribution in [0.4, 0.5) is 0 Å². The lowest BCUT2D eigenvalue weighted by Gasteiger charge is -2.21. The van der Waals surface area contributed by atoms with Crippen molar-refractivity contribution in [1.82, 2.24) is 4.90 Å². The Labute approximate surface area is 220 Å². The van der Waals surface area contributed by atoms with Gasteiger partial charge in [0.15, 0.2) is 0 Å². The van der Waals surface area contributed by atoms with Gasteiger partial charge in [-0.2, -0.15) is 0 Å². The van der Waals surface area contributed by atoms with E-state index in [1.807, 2.05) is 0 Å². The SMILES string of the molecule is CCCCCCCCC(CCCCCCCCC1CC1CCCCCCCC(=O)OC)CN(C)C. The minimum absolute atomic E-state index is 0.0572. The zero-order valence-corrected chi connectivity index (χ0v) is 24.5. The van der Waals surface area contributed by atoms with Crippen molar-refractivity contribution in [3.8, 4) is 0 Å². The van der Waals surface area contributed by atoms with E-state index in [9.17, 15) is 4.79 Å². The summed E-state index contributed by atoms with van der Waals surface area (Å²) in [4.78, 5) is 13.5. The van der Waals surface area contributed by atoms with E-state index in [4.69, 9.17) is 4.74 Å². The van der Waals surface area contributed by atoms with Crippen LogP contribution < -0.4 is 0 Å². The monoisotopic (exact) mass is 493 g/mol. The fourth-order valence-electron chi connectivity index (χ4n) is 5.93. The van der Waals surface area contributed by atoms with Crippen molar-refractivity contribution in [2.75, 3.05) is 27.7 Å². The van der Waals surface area contributed by atoms with E-state index < -0.39 is 0 Å². The Morgan fingerprint density at radius 2 is 1.17 bits per heavy atom. The lowest BCUT2D eigenvalue weighted by atomic mass is 9.93. The van der Waals surface area contributed by atoms with Crippen LogP contribution in [0.2, 0.25) is 0 Å². The van der Waals surface area contributed by atoms with Gasteiger partial charge in [-0.15, -0.1) is 0 Å². The Balaban J connectivity index is 1.88. The van der Waals surface area contributed by atoms with Crippen LogP contribution in [0.15, 0.2) is 0 Å². The van der Waals surface area contributed by atoms with Crippen LogP contribution in [0, 0.1) is 17.8 Å². The van der Waals surface area contributed by atoms with Crippen molar-refractivity contribution < 1.29 is 9.53 Å². The van der Waals surface area contributed by atoms with E-state index in [1.165, 1.54) is 148 Å². The Morgan fingerprint density at radius 3 is 1.66 bits per heavy atom. The van der Waals surface area contributed by atoms with Gasteiger partial charge in [-0.1, -0.05) is 122 Å². The molecule has 0 aromatic heterocycles. The van der Waals surface area contributed by atoms with Gasteiger partial charge in [0.2, 0.25) is 0 Å². The smallest absolute Gasteiger partial charge is 0.305 e. The number of unbranched alkanes of at least 4 members (excludes halogenated alkanes) is 14. The number of methoxy groups -OCH3 is 1. The highest BCUT2D eigenvalue weighted by Gasteiger charge is 2.34. The molecule has 0 N–H and O–H groups in total. The lowest BCUT2D eigenvalue weighted by Crippen LogP contribution is -2.21. The number of hydrogen-bond donors (Lipinski definition) is 0. The number of carbonyl (C=O) groups excluding carboxylic acids is 1. The average molecular weight is 494 g/mol. The number of rotatable bonds is 26. The van der Waals surface area contributed by atoms with Gasteiger partial charge >= 0.3 is 5.97 Å². The summed E-state index contributed by atoms with van der Waals surface area (Å²) in [6.07, 6.45) is 31.4. The molecule has 1 aliphatic rings. The third-order valence-corrected chi connectivity index (χ3v) is 8.28. The summed E-state index contributed by atoms with van der Waals surface area (Å²) in [6.45, 7) is 3.59. The average Bonchev–Trinajstić information content (AvgIpc) is 3.59. The molecule has 0 aromatic rings. The van der Waals surface area contributed by atoms with Crippen LogP contribution in [0.3, 0.4) is 0 Å². The van der Waals surface area contributed by atoms with E-state index in [2.05, 4.69) is 25.9 Å². The third kappa shape index (κ3) is 20.2. The zero-order valence-electron chi connectivity index (χ0n) is 24.5. The highest BCUT2D eigenvalue weighted by molar-refractivity contribution is 5.68. The lowest BCUT2D eigenvalue weighted by molar-refractivity contribution is -0.140. The molecule has 0 spiro atoms. The largest absolute Gasteiger partial charge is 0.469 e. The topological polar surface area (TPSA) is 29.5 Å². The summed E-state index contributed by atoms with van der Waals surface area (Å²) in [7, 11) is 5.97. The fraction of sp³-hybridized carbons (Fsp3) is 0.969. The summed E-state index contributed by atoms with van der Waals surface area (Å²) in [5.74, 6) is 2.97. The van der Waals surface area contributed by atoms with E-state index in [-0.39, 0.29) is 5.97 Å². The molecule has 0 bridgehead atoms. The van der Waals surface area contributed by atoms with Crippen molar-refractivity contribution in [2.45, 2.75) is 155 Å². The Bertz CT molecular complexity index is 478. The van der Waals surface area contributed by atoms with Crippen molar-refractivity contribution in [2.24, 2.45) is 17.8 Å². The summed E-state index contributed by atoms with van der Waals surface area (Å²) >= 11 is 0. The molecule has 0 radical (unpaired) electrons. The number of esters is 1. The van der Waals surface area contributed by atoms with Crippen LogP contribution in [-0.4, -0.2) is 38.6 Å². The van der Waals surface area contributed by atoms with Crippen LogP contribution in [0.5, 0.6) is 0 Å². The molecule has 3 unspecified atom stereocenters. The van der Waals surface area contributed by atoms with Gasteiger partial charge in [0.1, 0.15) is 0 Å². The van der Waals surface area contributed by atoms with E-state index in [0.29, 0.717) is 6.42 Å². The van der Waals surface area contributed by atoms with Crippen LogP contribution in [0.25, 0.3) is 0 Å². The third-order valence-electron chi connectivity index (χ3n) is 8.28. The molecule has 3 heteroatoms. The summed E-state index contributed by atoms with van der Waals surface area (Å²) in [5, 5.41) is 0. The second-order valence-corrected chi connectivity index (χ2v) is 12.0. The van der Waals surface area contributed by atoms with Crippen molar-refractivity contribution in [3.63, 3.8) is 0 Å². The second kappa shape index (κ2) is 22.6. The molecule has 35 heavy (non-hydrogen) atoms. The van der Waals surface area contributed by atoms with Gasteiger partial charge in [0.05, 0.1) is 7.11 Å². The number of ether oxygens (including phenoxy) is 1. The minimum atomic E-state index is -0.0572. The van der Waals surface area contributed by atoms with Gasteiger partial charge < -0.3 is 9.64 Å².